The van der Waals surface area contributed by atoms with Gasteiger partial charge in [-0.05, 0) is 6.42 Å². The van der Waals surface area contributed by atoms with Crippen molar-refractivity contribution in [1.82, 2.24) is 5.32 Å². The first kappa shape index (κ1) is 25.3. The molecule has 7 heteroatoms. The van der Waals surface area contributed by atoms with E-state index in [1.54, 1.807) is 0 Å². The third-order valence-electron chi connectivity index (χ3n) is 4.58. The molecule has 0 bridgehead atoms. The predicted molar refractivity (Wildman–Crippen MR) is 106 cm³/mol. The highest BCUT2D eigenvalue weighted by Gasteiger charge is 2.19. The van der Waals surface area contributed by atoms with Gasteiger partial charge in [0.2, 0.25) is 0 Å². The Balaban J connectivity index is 3.58. The number of nitrogens with one attached hydrogen (secondary N) is 1. The minimum Gasteiger partial charge on any atom is -0.748 e. The van der Waals surface area contributed by atoms with E-state index >= 15 is 0 Å². The molecule has 0 rings (SSSR count). The fraction of sp³-hybridized carbons (Fsp3) is 0.947. The van der Waals surface area contributed by atoms with Gasteiger partial charge in [-0.25, -0.2) is 8.42 Å². The maximum absolute atomic E-state index is 12.0. The molecule has 0 heterocycles. The van der Waals surface area contributed by atoms with Crippen molar-refractivity contribution in [1.29, 1.82) is 0 Å². The first-order chi connectivity index (χ1) is 12.2. The van der Waals surface area contributed by atoms with Crippen LogP contribution in [0.15, 0.2) is 0 Å². The van der Waals surface area contributed by atoms with Crippen LogP contribution < -0.4 is 5.32 Å². The number of nitrogens with zero attached hydrogens (tertiary/aromatic N) is 1. The van der Waals surface area contributed by atoms with Crippen molar-refractivity contribution >= 4 is 16.0 Å². The number of hydrogen-bond donors (Lipinski definition) is 1. The van der Waals surface area contributed by atoms with Crippen LogP contribution in [0.4, 0.5) is 0 Å². The summed E-state index contributed by atoms with van der Waals surface area (Å²) in [7, 11) is -0.424. The van der Waals surface area contributed by atoms with E-state index in [0.29, 0.717) is 24.1 Å². The number of amides is 1. The highest BCUT2D eigenvalue weighted by Crippen LogP contribution is 2.10. The Morgan fingerprint density at radius 3 is 1.88 bits per heavy atom. The van der Waals surface area contributed by atoms with E-state index in [4.69, 9.17) is 0 Å². The first-order valence-corrected chi connectivity index (χ1v) is 11.8. The predicted octanol–water partition coefficient (Wildman–Crippen LogP) is 3.04. The molecule has 156 valence electrons. The topological polar surface area (TPSA) is 86.3 Å². The van der Waals surface area contributed by atoms with E-state index in [2.05, 4.69) is 12.2 Å². The summed E-state index contributed by atoms with van der Waals surface area (Å²) in [4.78, 5) is 12.0. The van der Waals surface area contributed by atoms with Crippen LogP contribution in [-0.2, 0) is 14.9 Å². The Bertz CT molecular complexity index is 464. The second kappa shape index (κ2) is 14.4. The zero-order chi connectivity index (χ0) is 19.9. The van der Waals surface area contributed by atoms with Crippen LogP contribution >= 0.6 is 0 Å². The number of unbranched alkanes of at least 4 members (excludes halogenated alkanes) is 9. The average molecular weight is 393 g/mol. The lowest BCUT2D eigenvalue weighted by Crippen LogP contribution is -2.48. The summed E-state index contributed by atoms with van der Waals surface area (Å²) in [6.07, 6.45) is 13.0. The highest BCUT2D eigenvalue weighted by atomic mass is 32.2. The van der Waals surface area contributed by atoms with Gasteiger partial charge in [-0.3, -0.25) is 4.79 Å². The Labute approximate surface area is 161 Å². The average Bonchev–Trinajstić information content (AvgIpc) is 2.50. The highest BCUT2D eigenvalue weighted by molar-refractivity contribution is 7.85. The lowest BCUT2D eigenvalue weighted by atomic mass is 10.1. The van der Waals surface area contributed by atoms with Crippen molar-refractivity contribution in [3.63, 3.8) is 0 Å². The maximum Gasteiger partial charge on any atom is 0.275 e. The molecule has 0 aliphatic carbocycles. The van der Waals surface area contributed by atoms with Crippen molar-refractivity contribution in [3.8, 4) is 0 Å². The van der Waals surface area contributed by atoms with Crippen molar-refractivity contribution < 1.29 is 22.2 Å². The summed E-state index contributed by atoms with van der Waals surface area (Å²) in [6, 6.07) is 0. The van der Waals surface area contributed by atoms with Gasteiger partial charge in [0.15, 0.2) is 6.54 Å². The normalized spacial score (nSPS) is 12.3. The van der Waals surface area contributed by atoms with Crippen molar-refractivity contribution in [2.45, 2.75) is 77.6 Å². The Morgan fingerprint density at radius 1 is 0.885 bits per heavy atom. The van der Waals surface area contributed by atoms with Gasteiger partial charge >= 0.3 is 0 Å². The monoisotopic (exact) mass is 392 g/mol. The largest absolute Gasteiger partial charge is 0.748 e. The van der Waals surface area contributed by atoms with Gasteiger partial charge in [0.1, 0.15) is 0 Å². The van der Waals surface area contributed by atoms with E-state index in [0.717, 1.165) is 12.8 Å². The Hall–Kier alpha value is -0.660. The molecular weight excluding hydrogens is 352 g/mol. The van der Waals surface area contributed by atoms with Crippen LogP contribution in [0, 0.1) is 0 Å². The van der Waals surface area contributed by atoms with Gasteiger partial charge in [0.05, 0.1) is 30.8 Å². The number of carbonyl (C=O) groups excluding carboxylic acids is 1. The van der Waals surface area contributed by atoms with Gasteiger partial charge in [-0.1, -0.05) is 64.7 Å². The molecule has 1 amide bonds. The summed E-state index contributed by atoms with van der Waals surface area (Å²) in [5.74, 6) is -0.384. The fourth-order valence-corrected chi connectivity index (χ4v) is 3.52. The molecule has 0 aliphatic rings. The number of quaternary nitrogens is 1. The number of likely N-dealkylation sites (N-methyl/N-ethyl adjacent to an activating group) is 1. The summed E-state index contributed by atoms with van der Waals surface area (Å²) in [5.41, 5.74) is 0. The van der Waals surface area contributed by atoms with Crippen LogP contribution in [0.1, 0.15) is 77.6 Å². The van der Waals surface area contributed by atoms with E-state index in [1.807, 2.05) is 14.1 Å². The molecule has 0 aromatic heterocycles. The van der Waals surface area contributed by atoms with E-state index in [-0.39, 0.29) is 18.1 Å². The molecule has 6 nitrogen and oxygen atoms in total. The second-order valence-corrected chi connectivity index (χ2v) is 9.49. The lowest BCUT2D eigenvalue weighted by Gasteiger charge is -2.29. The zero-order valence-corrected chi connectivity index (χ0v) is 17.9. The van der Waals surface area contributed by atoms with E-state index < -0.39 is 10.1 Å². The molecule has 0 radical (unpaired) electrons. The van der Waals surface area contributed by atoms with Crippen LogP contribution in [0.5, 0.6) is 0 Å². The summed E-state index contributed by atoms with van der Waals surface area (Å²) in [5, 5.41) is 2.94. The van der Waals surface area contributed by atoms with Gasteiger partial charge in [-0.15, -0.1) is 0 Å². The van der Waals surface area contributed by atoms with E-state index in [1.165, 1.54) is 51.4 Å². The smallest absolute Gasteiger partial charge is 0.275 e. The Kier molecular flexibility index (Phi) is 14.0. The number of hydrogen-bond acceptors (Lipinski definition) is 4. The molecule has 0 spiro atoms. The third kappa shape index (κ3) is 18.1. The number of carbonyl (C=O) groups is 1. The van der Waals surface area contributed by atoms with Gasteiger partial charge in [-0.2, -0.15) is 0 Å². The zero-order valence-electron chi connectivity index (χ0n) is 17.1. The standard InChI is InChI=1S/C19H40N2O4S/c1-4-5-6-7-8-9-10-11-12-13-15-20-19(22)18-21(2,3)16-14-17-26(23,24)25/h4-18H2,1-3H3,(H-,20,22,23,24,25). The molecule has 0 aliphatic heterocycles. The fourth-order valence-electron chi connectivity index (χ4n) is 3.03. The van der Waals surface area contributed by atoms with Crippen molar-refractivity contribution in [2.24, 2.45) is 0 Å². The molecule has 0 saturated heterocycles. The van der Waals surface area contributed by atoms with Gasteiger partial charge in [0, 0.05) is 18.7 Å². The van der Waals surface area contributed by atoms with Crippen LogP contribution in [0.3, 0.4) is 0 Å². The second-order valence-electron chi connectivity index (χ2n) is 7.96. The molecule has 0 atom stereocenters. The SMILES string of the molecule is CCCCCCCCCCCCNC(=O)C[N+](C)(C)CCCS(=O)(=O)[O-]. The molecule has 0 aromatic rings. The molecule has 0 unspecified atom stereocenters. The van der Waals surface area contributed by atoms with Gasteiger partial charge < -0.3 is 14.4 Å². The molecule has 1 N–H and O–H groups in total. The lowest BCUT2D eigenvalue weighted by molar-refractivity contribution is -0.882. The Morgan fingerprint density at radius 2 is 1.38 bits per heavy atom. The van der Waals surface area contributed by atoms with Crippen LogP contribution in [0.25, 0.3) is 0 Å². The van der Waals surface area contributed by atoms with Crippen molar-refractivity contribution in [3.05, 3.63) is 0 Å². The molecule has 0 aromatic carbocycles. The van der Waals surface area contributed by atoms with Crippen molar-refractivity contribution in [2.75, 3.05) is 39.5 Å². The maximum atomic E-state index is 12.0. The third-order valence-corrected chi connectivity index (χ3v) is 5.37. The molecule has 26 heavy (non-hydrogen) atoms. The molecule has 0 saturated carbocycles. The summed E-state index contributed by atoms with van der Waals surface area (Å²) in [6.45, 7) is 3.73. The minimum atomic E-state index is -4.17. The van der Waals surface area contributed by atoms with Crippen LogP contribution in [0.2, 0.25) is 0 Å². The quantitative estimate of drug-likeness (QED) is 0.234. The minimum absolute atomic E-state index is 0.0177. The molecule has 0 fully saturated rings. The summed E-state index contributed by atoms with van der Waals surface area (Å²) >= 11 is 0. The van der Waals surface area contributed by atoms with Crippen LogP contribution in [-0.4, -0.2) is 62.8 Å². The first-order valence-electron chi connectivity index (χ1n) is 10.2. The number of rotatable bonds is 17. The molecular formula is C19H40N2O4S. The van der Waals surface area contributed by atoms with E-state index in [9.17, 15) is 17.8 Å². The van der Waals surface area contributed by atoms with Gasteiger partial charge in [0.25, 0.3) is 5.91 Å². The summed E-state index contributed by atoms with van der Waals surface area (Å²) < 4.78 is 32.3.